The molecule has 2 rings (SSSR count). The molecule has 0 aromatic heterocycles. The van der Waals surface area contributed by atoms with E-state index in [9.17, 15) is 15.0 Å². The van der Waals surface area contributed by atoms with Crippen molar-refractivity contribution < 1.29 is 15.0 Å². The molecule has 0 fully saturated rings. The lowest BCUT2D eigenvalue weighted by molar-refractivity contribution is -0.122. The monoisotopic (exact) mass is 327 g/mol. The van der Waals surface area contributed by atoms with Crippen LogP contribution < -0.4 is 5.32 Å². The maximum absolute atomic E-state index is 12.3. The van der Waals surface area contributed by atoms with Gasteiger partial charge in [-0.3, -0.25) is 4.79 Å². The fraction of sp³-hybridized carbons (Fsp3) is 0.350. The Balaban J connectivity index is 1.92. The summed E-state index contributed by atoms with van der Waals surface area (Å²) in [5.41, 5.74) is 2.12. The number of aliphatic hydroxyl groups excluding tert-OH is 1. The van der Waals surface area contributed by atoms with Gasteiger partial charge in [-0.15, -0.1) is 0 Å². The summed E-state index contributed by atoms with van der Waals surface area (Å²) in [6.45, 7) is 1.96. The smallest absolute Gasteiger partial charge is 0.220 e. The zero-order valence-electron chi connectivity index (χ0n) is 14.0. The highest BCUT2D eigenvalue weighted by Gasteiger charge is 2.17. The largest absolute Gasteiger partial charge is 0.508 e. The van der Waals surface area contributed by atoms with E-state index in [1.54, 1.807) is 24.3 Å². The van der Waals surface area contributed by atoms with E-state index in [4.69, 9.17) is 0 Å². The molecule has 0 radical (unpaired) electrons. The number of phenolic OH excluding ortho intramolecular Hbond substituents is 1. The Morgan fingerprint density at radius 3 is 2.33 bits per heavy atom. The van der Waals surface area contributed by atoms with Crippen molar-refractivity contribution in [1.82, 2.24) is 5.32 Å². The highest BCUT2D eigenvalue weighted by Crippen LogP contribution is 2.22. The third-order valence-electron chi connectivity index (χ3n) is 4.20. The van der Waals surface area contributed by atoms with Gasteiger partial charge in [0.1, 0.15) is 5.75 Å². The normalized spacial score (nSPS) is 13.2. The van der Waals surface area contributed by atoms with Crippen LogP contribution in [0, 0.1) is 0 Å². The van der Waals surface area contributed by atoms with Crippen LogP contribution in [0.2, 0.25) is 0 Å². The molecule has 2 aromatic carbocycles. The van der Waals surface area contributed by atoms with Crippen LogP contribution in [-0.2, 0) is 11.2 Å². The van der Waals surface area contributed by atoms with Crippen LogP contribution in [0.25, 0.3) is 0 Å². The van der Waals surface area contributed by atoms with Gasteiger partial charge in [0.2, 0.25) is 5.91 Å². The lowest BCUT2D eigenvalue weighted by Crippen LogP contribution is -2.39. The molecule has 3 N–H and O–H groups in total. The second-order valence-electron chi connectivity index (χ2n) is 6.04. The maximum Gasteiger partial charge on any atom is 0.220 e. The predicted molar refractivity (Wildman–Crippen MR) is 94.9 cm³/mol. The topological polar surface area (TPSA) is 69.6 Å². The summed E-state index contributed by atoms with van der Waals surface area (Å²) >= 11 is 0. The number of hydrogen-bond acceptors (Lipinski definition) is 3. The molecule has 0 aliphatic heterocycles. The molecule has 2 aromatic rings. The number of rotatable bonds is 8. The van der Waals surface area contributed by atoms with Gasteiger partial charge in [0.05, 0.1) is 12.6 Å². The number of aliphatic hydroxyl groups is 1. The van der Waals surface area contributed by atoms with Crippen molar-refractivity contribution in [2.75, 3.05) is 6.61 Å². The summed E-state index contributed by atoms with van der Waals surface area (Å²) in [7, 11) is 0. The van der Waals surface area contributed by atoms with Crippen molar-refractivity contribution in [2.24, 2.45) is 0 Å². The fourth-order valence-corrected chi connectivity index (χ4v) is 2.81. The van der Waals surface area contributed by atoms with E-state index in [0.29, 0.717) is 12.8 Å². The maximum atomic E-state index is 12.3. The third kappa shape index (κ3) is 5.39. The van der Waals surface area contributed by atoms with E-state index < -0.39 is 0 Å². The third-order valence-corrected chi connectivity index (χ3v) is 4.20. The van der Waals surface area contributed by atoms with Gasteiger partial charge < -0.3 is 15.5 Å². The van der Waals surface area contributed by atoms with Crippen LogP contribution in [0.1, 0.15) is 36.8 Å². The first-order valence-electron chi connectivity index (χ1n) is 8.35. The minimum Gasteiger partial charge on any atom is -0.508 e. The SMILES string of the molecule is CCC(CC(=O)N[C@H](CO)Cc1ccc(O)cc1)c1ccccc1. The van der Waals surface area contributed by atoms with Crippen molar-refractivity contribution in [3.05, 3.63) is 65.7 Å². The van der Waals surface area contributed by atoms with Crippen LogP contribution in [0.3, 0.4) is 0 Å². The summed E-state index contributed by atoms with van der Waals surface area (Å²) in [6, 6.07) is 16.5. The summed E-state index contributed by atoms with van der Waals surface area (Å²) in [5, 5.41) is 21.8. The molecule has 0 saturated heterocycles. The highest BCUT2D eigenvalue weighted by atomic mass is 16.3. The van der Waals surface area contributed by atoms with Crippen LogP contribution in [0.5, 0.6) is 5.75 Å². The molecule has 0 heterocycles. The van der Waals surface area contributed by atoms with Crippen molar-refractivity contribution >= 4 is 5.91 Å². The fourth-order valence-electron chi connectivity index (χ4n) is 2.81. The first-order chi connectivity index (χ1) is 11.6. The van der Waals surface area contributed by atoms with E-state index in [2.05, 4.69) is 12.2 Å². The molecule has 0 saturated carbocycles. The van der Waals surface area contributed by atoms with Gasteiger partial charge in [0, 0.05) is 6.42 Å². The Morgan fingerprint density at radius 1 is 1.08 bits per heavy atom. The second-order valence-corrected chi connectivity index (χ2v) is 6.04. The van der Waals surface area contributed by atoms with Gasteiger partial charge in [-0.1, -0.05) is 49.4 Å². The van der Waals surface area contributed by atoms with E-state index in [-0.39, 0.29) is 30.2 Å². The van der Waals surface area contributed by atoms with Crippen LogP contribution >= 0.6 is 0 Å². The summed E-state index contributed by atoms with van der Waals surface area (Å²) in [4.78, 5) is 12.3. The van der Waals surface area contributed by atoms with Crippen molar-refractivity contribution in [3.8, 4) is 5.75 Å². The molecule has 128 valence electrons. The molecular weight excluding hydrogens is 302 g/mol. The quantitative estimate of drug-likeness (QED) is 0.698. The number of amides is 1. The Kier molecular flexibility index (Phi) is 6.82. The minimum atomic E-state index is -0.324. The first-order valence-corrected chi connectivity index (χ1v) is 8.35. The molecule has 4 nitrogen and oxygen atoms in total. The average Bonchev–Trinajstić information content (AvgIpc) is 2.61. The summed E-state index contributed by atoms with van der Waals surface area (Å²) in [5.74, 6) is 0.333. The van der Waals surface area contributed by atoms with Crippen LogP contribution in [-0.4, -0.2) is 28.8 Å². The molecule has 0 bridgehead atoms. The predicted octanol–water partition coefficient (Wildman–Crippen LogP) is 3.00. The second kappa shape index (κ2) is 9.08. The Labute approximate surface area is 143 Å². The number of aromatic hydroxyl groups is 1. The lowest BCUT2D eigenvalue weighted by atomic mass is 9.93. The number of carbonyl (C=O) groups excluding carboxylic acids is 1. The summed E-state index contributed by atoms with van der Waals surface area (Å²) < 4.78 is 0. The lowest BCUT2D eigenvalue weighted by Gasteiger charge is -2.19. The number of carbonyl (C=O) groups is 1. The van der Waals surface area contributed by atoms with Gasteiger partial charge in [0.15, 0.2) is 0 Å². The first kappa shape index (κ1) is 18.0. The number of nitrogens with one attached hydrogen (secondary N) is 1. The molecule has 0 spiro atoms. The van der Waals surface area contributed by atoms with Gasteiger partial charge in [-0.25, -0.2) is 0 Å². The van der Waals surface area contributed by atoms with E-state index in [1.165, 1.54) is 0 Å². The van der Waals surface area contributed by atoms with Crippen molar-refractivity contribution in [2.45, 2.75) is 38.1 Å². The highest BCUT2D eigenvalue weighted by molar-refractivity contribution is 5.77. The molecule has 4 heteroatoms. The molecule has 1 unspecified atom stereocenters. The zero-order valence-corrected chi connectivity index (χ0v) is 14.0. The Hall–Kier alpha value is -2.33. The van der Waals surface area contributed by atoms with Gasteiger partial charge in [0.25, 0.3) is 0 Å². The number of hydrogen-bond donors (Lipinski definition) is 3. The van der Waals surface area contributed by atoms with Crippen LogP contribution in [0.4, 0.5) is 0 Å². The molecule has 0 aliphatic carbocycles. The van der Waals surface area contributed by atoms with Gasteiger partial charge in [-0.05, 0) is 42.0 Å². The zero-order chi connectivity index (χ0) is 17.4. The molecule has 2 atom stereocenters. The Bertz CT molecular complexity index is 625. The van der Waals surface area contributed by atoms with Crippen molar-refractivity contribution in [3.63, 3.8) is 0 Å². The molecular formula is C20H25NO3. The molecule has 24 heavy (non-hydrogen) atoms. The average molecular weight is 327 g/mol. The molecule has 0 aliphatic rings. The van der Waals surface area contributed by atoms with Crippen LogP contribution in [0.15, 0.2) is 54.6 Å². The minimum absolute atomic E-state index is 0.0523. The van der Waals surface area contributed by atoms with Gasteiger partial charge in [-0.2, -0.15) is 0 Å². The Morgan fingerprint density at radius 2 is 1.75 bits per heavy atom. The summed E-state index contributed by atoms with van der Waals surface area (Å²) in [6.07, 6.45) is 1.83. The standard InChI is InChI=1S/C20H25NO3/c1-2-16(17-6-4-3-5-7-17)13-20(24)21-18(14-22)12-15-8-10-19(23)11-9-15/h3-11,16,18,22-23H,2,12-14H2,1H3,(H,21,24)/t16?,18-/m0/s1. The number of phenols is 1. The van der Waals surface area contributed by atoms with E-state index in [0.717, 1.165) is 17.5 Å². The van der Waals surface area contributed by atoms with E-state index in [1.807, 2.05) is 30.3 Å². The molecule has 1 amide bonds. The van der Waals surface area contributed by atoms with Crippen molar-refractivity contribution in [1.29, 1.82) is 0 Å². The van der Waals surface area contributed by atoms with Gasteiger partial charge >= 0.3 is 0 Å². The number of benzene rings is 2. The van der Waals surface area contributed by atoms with E-state index >= 15 is 0 Å².